The summed E-state index contributed by atoms with van der Waals surface area (Å²) in [5.74, 6) is -0.0392. The van der Waals surface area contributed by atoms with Crippen LogP contribution in [-0.4, -0.2) is 19.2 Å². The fourth-order valence-corrected chi connectivity index (χ4v) is 2.01. The highest BCUT2D eigenvalue weighted by Gasteiger charge is 2.22. The summed E-state index contributed by atoms with van der Waals surface area (Å²) in [6.07, 6.45) is 1.94. The van der Waals surface area contributed by atoms with Gasteiger partial charge in [0.2, 0.25) is 0 Å². The molecular weight excluding hydrogens is 278 g/mol. The molecule has 0 radical (unpaired) electrons. The van der Waals surface area contributed by atoms with Crippen LogP contribution < -0.4 is 4.74 Å². The second-order valence-corrected chi connectivity index (χ2v) is 5.67. The van der Waals surface area contributed by atoms with E-state index in [0.717, 1.165) is 18.4 Å². The number of ether oxygens (including phenoxy) is 2. The Hall–Kier alpha value is -1.65. The maximum Gasteiger partial charge on any atom is 0.387 e. The number of hydrogen-bond acceptors (Lipinski definition) is 3. The van der Waals surface area contributed by atoms with E-state index < -0.39 is 6.61 Å². The van der Waals surface area contributed by atoms with Gasteiger partial charge in [-0.1, -0.05) is 26.0 Å². The van der Waals surface area contributed by atoms with Crippen LogP contribution in [0.3, 0.4) is 0 Å². The zero-order valence-corrected chi connectivity index (χ0v) is 12.7. The Balaban J connectivity index is 2.48. The maximum absolute atomic E-state index is 12.0. The van der Waals surface area contributed by atoms with Gasteiger partial charge in [-0.3, -0.25) is 4.79 Å². The fourth-order valence-electron chi connectivity index (χ4n) is 2.01. The average molecular weight is 300 g/mol. The van der Waals surface area contributed by atoms with Crippen molar-refractivity contribution in [2.45, 2.75) is 46.6 Å². The van der Waals surface area contributed by atoms with E-state index in [9.17, 15) is 13.6 Å². The van der Waals surface area contributed by atoms with Gasteiger partial charge < -0.3 is 9.47 Å². The van der Waals surface area contributed by atoms with Gasteiger partial charge in [0.15, 0.2) is 0 Å². The Labute approximate surface area is 124 Å². The molecule has 118 valence electrons. The standard InChI is InChI=1S/C16H22F2O3/c1-4-20-14(19)11-16(2,3)10-9-12-5-7-13(8-6-12)21-15(17)18/h5-8,15H,4,9-11H2,1-3H3. The summed E-state index contributed by atoms with van der Waals surface area (Å²) >= 11 is 0. The molecule has 0 heterocycles. The molecule has 0 unspecified atom stereocenters. The minimum Gasteiger partial charge on any atom is -0.466 e. The number of esters is 1. The van der Waals surface area contributed by atoms with Gasteiger partial charge in [0.05, 0.1) is 13.0 Å². The molecule has 21 heavy (non-hydrogen) atoms. The van der Waals surface area contributed by atoms with Crippen molar-refractivity contribution in [3.63, 3.8) is 0 Å². The maximum atomic E-state index is 12.0. The Morgan fingerprint density at radius 2 is 1.86 bits per heavy atom. The Kier molecular flexibility index (Phi) is 6.59. The normalized spacial score (nSPS) is 11.5. The highest BCUT2D eigenvalue weighted by Crippen LogP contribution is 2.28. The number of alkyl halides is 2. The molecule has 1 rings (SSSR count). The summed E-state index contributed by atoms with van der Waals surface area (Å²) in [5.41, 5.74) is 0.860. The lowest BCUT2D eigenvalue weighted by Gasteiger charge is -2.23. The number of aryl methyl sites for hydroxylation is 1. The third-order valence-corrected chi connectivity index (χ3v) is 3.17. The molecule has 0 saturated heterocycles. The van der Waals surface area contributed by atoms with Crippen LogP contribution in [0.4, 0.5) is 8.78 Å². The summed E-state index contributed by atoms with van der Waals surface area (Å²) in [4.78, 5) is 11.5. The van der Waals surface area contributed by atoms with Crippen molar-refractivity contribution < 1.29 is 23.0 Å². The topological polar surface area (TPSA) is 35.5 Å². The molecule has 0 aliphatic heterocycles. The summed E-state index contributed by atoms with van der Waals surface area (Å²) in [5, 5.41) is 0. The van der Waals surface area contributed by atoms with Crippen LogP contribution in [0.25, 0.3) is 0 Å². The first-order valence-corrected chi connectivity index (χ1v) is 7.02. The predicted molar refractivity (Wildman–Crippen MR) is 76.4 cm³/mol. The Morgan fingerprint density at radius 1 is 1.24 bits per heavy atom. The monoisotopic (exact) mass is 300 g/mol. The molecule has 0 aromatic heterocycles. The molecule has 0 N–H and O–H groups in total. The minimum absolute atomic E-state index is 0.152. The Bertz CT molecular complexity index is 441. The van der Waals surface area contributed by atoms with Crippen molar-refractivity contribution >= 4 is 5.97 Å². The van der Waals surface area contributed by atoms with Crippen LogP contribution >= 0.6 is 0 Å². The molecule has 0 amide bonds. The quantitative estimate of drug-likeness (QED) is 0.675. The molecule has 3 nitrogen and oxygen atoms in total. The van der Waals surface area contributed by atoms with E-state index in [2.05, 4.69) is 4.74 Å². The second-order valence-electron chi connectivity index (χ2n) is 5.67. The van der Waals surface area contributed by atoms with E-state index in [1.807, 2.05) is 13.8 Å². The molecule has 5 heteroatoms. The van der Waals surface area contributed by atoms with Gasteiger partial charge in [-0.2, -0.15) is 8.78 Å². The summed E-state index contributed by atoms with van der Waals surface area (Å²) in [7, 11) is 0. The van der Waals surface area contributed by atoms with E-state index in [-0.39, 0.29) is 17.1 Å². The molecular formula is C16H22F2O3. The lowest BCUT2D eigenvalue weighted by Crippen LogP contribution is -2.19. The third kappa shape index (κ3) is 7.06. The molecule has 0 fully saturated rings. The summed E-state index contributed by atoms with van der Waals surface area (Å²) in [6, 6.07) is 6.58. The van der Waals surface area contributed by atoms with Crippen molar-refractivity contribution in [3.05, 3.63) is 29.8 Å². The van der Waals surface area contributed by atoms with E-state index >= 15 is 0 Å². The number of carbonyl (C=O) groups is 1. The van der Waals surface area contributed by atoms with Gasteiger partial charge in [0.25, 0.3) is 0 Å². The van der Waals surface area contributed by atoms with Crippen molar-refractivity contribution in [2.75, 3.05) is 6.61 Å². The summed E-state index contributed by atoms with van der Waals surface area (Å²) < 4.78 is 33.3. The first-order chi connectivity index (χ1) is 9.82. The first kappa shape index (κ1) is 17.4. The number of hydrogen-bond donors (Lipinski definition) is 0. The molecule has 0 aliphatic rings. The predicted octanol–water partition coefficient (Wildman–Crippen LogP) is 4.20. The van der Waals surface area contributed by atoms with Crippen molar-refractivity contribution in [1.82, 2.24) is 0 Å². The van der Waals surface area contributed by atoms with Crippen molar-refractivity contribution in [2.24, 2.45) is 5.41 Å². The van der Waals surface area contributed by atoms with Crippen LogP contribution in [0.15, 0.2) is 24.3 Å². The van der Waals surface area contributed by atoms with E-state index in [1.54, 1.807) is 19.1 Å². The lowest BCUT2D eigenvalue weighted by molar-refractivity contribution is -0.145. The SMILES string of the molecule is CCOC(=O)CC(C)(C)CCc1ccc(OC(F)F)cc1. The van der Waals surface area contributed by atoms with Crippen molar-refractivity contribution in [1.29, 1.82) is 0 Å². The number of benzene rings is 1. The number of halogens is 2. The molecule has 0 spiro atoms. The minimum atomic E-state index is -2.81. The molecule has 0 saturated carbocycles. The molecule has 0 aliphatic carbocycles. The van der Waals surface area contributed by atoms with Gasteiger partial charge >= 0.3 is 12.6 Å². The van der Waals surface area contributed by atoms with E-state index in [4.69, 9.17) is 4.74 Å². The third-order valence-electron chi connectivity index (χ3n) is 3.17. The van der Waals surface area contributed by atoms with Gasteiger partial charge in [0.1, 0.15) is 5.75 Å². The van der Waals surface area contributed by atoms with E-state index in [1.165, 1.54) is 12.1 Å². The van der Waals surface area contributed by atoms with Crippen molar-refractivity contribution in [3.8, 4) is 5.75 Å². The highest BCUT2D eigenvalue weighted by molar-refractivity contribution is 5.70. The van der Waals surface area contributed by atoms with Crippen LogP contribution in [0.1, 0.15) is 39.2 Å². The zero-order chi connectivity index (χ0) is 15.9. The van der Waals surface area contributed by atoms with Crippen LogP contribution in [0.2, 0.25) is 0 Å². The number of rotatable bonds is 8. The van der Waals surface area contributed by atoms with Crippen LogP contribution in [0, 0.1) is 5.41 Å². The molecule has 0 atom stereocenters. The first-order valence-electron chi connectivity index (χ1n) is 7.02. The van der Waals surface area contributed by atoms with Gasteiger partial charge in [-0.15, -0.1) is 0 Å². The van der Waals surface area contributed by atoms with Crippen LogP contribution in [-0.2, 0) is 16.0 Å². The largest absolute Gasteiger partial charge is 0.466 e. The Morgan fingerprint density at radius 3 is 2.38 bits per heavy atom. The average Bonchev–Trinajstić information content (AvgIpc) is 2.37. The zero-order valence-electron chi connectivity index (χ0n) is 12.7. The molecule has 1 aromatic carbocycles. The lowest BCUT2D eigenvalue weighted by atomic mass is 9.83. The van der Waals surface area contributed by atoms with Gasteiger partial charge in [-0.25, -0.2) is 0 Å². The second kappa shape index (κ2) is 7.96. The smallest absolute Gasteiger partial charge is 0.387 e. The number of carbonyl (C=O) groups excluding carboxylic acids is 1. The molecule has 1 aromatic rings. The van der Waals surface area contributed by atoms with Gasteiger partial charge in [0, 0.05) is 0 Å². The highest BCUT2D eigenvalue weighted by atomic mass is 19.3. The molecule has 0 bridgehead atoms. The van der Waals surface area contributed by atoms with Gasteiger partial charge in [-0.05, 0) is 42.9 Å². The fraction of sp³-hybridized carbons (Fsp3) is 0.562. The van der Waals surface area contributed by atoms with Crippen LogP contribution in [0.5, 0.6) is 5.75 Å². The van der Waals surface area contributed by atoms with E-state index in [0.29, 0.717) is 13.0 Å². The summed E-state index contributed by atoms with van der Waals surface area (Å²) in [6.45, 7) is 3.39.